The Labute approximate surface area is 78.9 Å². The Kier molecular flexibility index (Phi) is 4.45. The van der Waals surface area contributed by atoms with Crippen molar-refractivity contribution in [3.8, 4) is 0 Å². The Morgan fingerprint density at radius 3 is 1.92 bits per heavy atom. The molecule has 1 amide bonds. The van der Waals surface area contributed by atoms with Gasteiger partial charge in [0.05, 0.1) is 7.11 Å². The highest BCUT2D eigenvalue weighted by Gasteiger charge is 2.31. The van der Waals surface area contributed by atoms with E-state index in [9.17, 15) is 9.59 Å². The Hall–Kier alpha value is -1.06. The molecule has 0 aromatic carbocycles. The molecule has 1 unspecified atom stereocenters. The number of esters is 1. The normalized spacial score (nSPS) is 12.5. The van der Waals surface area contributed by atoms with E-state index in [2.05, 4.69) is 4.74 Å². The van der Waals surface area contributed by atoms with Crippen LogP contribution in [0.2, 0.25) is 0 Å². The molecule has 1 atom stereocenters. The van der Waals surface area contributed by atoms with E-state index in [0.717, 1.165) is 0 Å². The van der Waals surface area contributed by atoms with Crippen molar-refractivity contribution in [2.24, 2.45) is 11.8 Å². The molecule has 0 spiro atoms. The van der Waals surface area contributed by atoms with Crippen LogP contribution in [-0.4, -0.2) is 38.0 Å². The van der Waals surface area contributed by atoms with Crippen molar-refractivity contribution in [2.75, 3.05) is 21.2 Å². The average molecular weight is 187 g/mol. The first-order valence-electron chi connectivity index (χ1n) is 4.20. The molecule has 4 heteroatoms. The van der Waals surface area contributed by atoms with Crippen molar-refractivity contribution in [2.45, 2.75) is 13.8 Å². The predicted octanol–water partition coefficient (Wildman–Crippen LogP) is 0.520. The molecule has 0 bridgehead atoms. The van der Waals surface area contributed by atoms with Crippen LogP contribution in [0.1, 0.15) is 13.8 Å². The molecule has 0 saturated carbocycles. The molecular formula is C9H17NO3. The first-order chi connectivity index (χ1) is 5.91. The maximum absolute atomic E-state index is 11.5. The van der Waals surface area contributed by atoms with Gasteiger partial charge in [0.2, 0.25) is 5.91 Å². The lowest BCUT2D eigenvalue weighted by molar-refractivity contribution is -0.154. The number of methoxy groups -OCH3 is 1. The van der Waals surface area contributed by atoms with Gasteiger partial charge in [0.15, 0.2) is 0 Å². The summed E-state index contributed by atoms with van der Waals surface area (Å²) >= 11 is 0. The quantitative estimate of drug-likeness (QED) is 0.478. The van der Waals surface area contributed by atoms with Crippen LogP contribution in [0.3, 0.4) is 0 Å². The second-order valence-electron chi connectivity index (χ2n) is 3.48. The number of amides is 1. The first kappa shape index (κ1) is 11.9. The monoisotopic (exact) mass is 187 g/mol. The molecule has 0 saturated heterocycles. The third-order valence-corrected chi connectivity index (χ3v) is 1.83. The van der Waals surface area contributed by atoms with Gasteiger partial charge in [0.1, 0.15) is 5.92 Å². The maximum Gasteiger partial charge on any atom is 0.318 e. The molecule has 0 fully saturated rings. The standard InChI is InChI=1S/C9H17NO3/c1-6(2)7(9(12)13-5)8(11)10(3)4/h6-7H,1-5H3. The average Bonchev–Trinajstić information content (AvgIpc) is 2.03. The van der Waals surface area contributed by atoms with E-state index < -0.39 is 11.9 Å². The highest BCUT2D eigenvalue weighted by molar-refractivity contribution is 5.97. The summed E-state index contributed by atoms with van der Waals surface area (Å²) in [7, 11) is 4.54. The highest BCUT2D eigenvalue weighted by Crippen LogP contribution is 2.14. The summed E-state index contributed by atoms with van der Waals surface area (Å²) in [6.45, 7) is 3.64. The van der Waals surface area contributed by atoms with E-state index >= 15 is 0 Å². The summed E-state index contributed by atoms with van der Waals surface area (Å²) in [4.78, 5) is 24.1. The molecule has 0 aliphatic carbocycles. The van der Waals surface area contributed by atoms with Crippen LogP contribution in [0, 0.1) is 11.8 Å². The highest BCUT2D eigenvalue weighted by atomic mass is 16.5. The van der Waals surface area contributed by atoms with Crippen LogP contribution in [0.15, 0.2) is 0 Å². The van der Waals surface area contributed by atoms with Crippen LogP contribution < -0.4 is 0 Å². The van der Waals surface area contributed by atoms with E-state index in [1.165, 1.54) is 12.0 Å². The lowest BCUT2D eigenvalue weighted by Gasteiger charge is -2.21. The first-order valence-corrected chi connectivity index (χ1v) is 4.20. The Balaban J connectivity index is 4.61. The van der Waals surface area contributed by atoms with Gasteiger partial charge in [-0.25, -0.2) is 0 Å². The van der Waals surface area contributed by atoms with E-state index in [-0.39, 0.29) is 11.8 Å². The SMILES string of the molecule is COC(=O)C(C(=O)N(C)C)C(C)C. The lowest BCUT2D eigenvalue weighted by Crippen LogP contribution is -2.38. The minimum atomic E-state index is -0.681. The zero-order valence-corrected chi connectivity index (χ0v) is 8.83. The largest absolute Gasteiger partial charge is 0.468 e. The number of carbonyl (C=O) groups excluding carboxylic acids is 2. The van der Waals surface area contributed by atoms with Crippen molar-refractivity contribution in [3.63, 3.8) is 0 Å². The number of hydrogen-bond donors (Lipinski definition) is 0. The molecule has 0 rings (SSSR count). The Bertz CT molecular complexity index is 199. The zero-order chi connectivity index (χ0) is 10.6. The van der Waals surface area contributed by atoms with Gasteiger partial charge in [0, 0.05) is 14.1 Å². The molecule has 0 heterocycles. The summed E-state index contributed by atoms with van der Waals surface area (Å²) in [5.41, 5.74) is 0. The second kappa shape index (κ2) is 4.84. The van der Waals surface area contributed by atoms with Crippen LogP contribution in [0.5, 0.6) is 0 Å². The fourth-order valence-electron chi connectivity index (χ4n) is 1.06. The Morgan fingerprint density at radius 2 is 1.69 bits per heavy atom. The molecule has 13 heavy (non-hydrogen) atoms. The molecule has 76 valence electrons. The van der Waals surface area contributed by atoms with E-state index in [4.69, 9.17) is 0 Å². The van der Waals surface area contributed by atoms with Crippen molar-refractivity contribution in [1.82, 2.24) is 4.90 Å². The lowest BCUT2D eigenvalue weighted by atomic mass is 9.95. The van der Waals surface area contributed by atoms with Crippen molar-refractivity contribution in [3.05, 3.63) is 0 Å². The Morgan fingerprint density at radius 1 is 1.23 bits per heavy atom. The topological polar surface area (TPSA) is 46.6 Å². The number of ether oxygens (including phenoxy) is 1. The molecule has 0 aliphatic heterocycles. The molecule has 0 N–H and O–H groups in total. The third kappa shape index (κ3) is 3.05. The molecule has 0 aromatic heterocycles. The molecular weight excluding hydrogens is 170 g/mol. The number of rotatable bonds is 3. The van der Waals surface area contributed by atoms with Crippen LogP contribution in [0.25, 0.3) is 0 Å². The van der Waals surface area contributed by atoms with Gasteiger partial charge in [-0.15, -0.1) is 0 Å². The van der Waals surface area contributed by atoms with E-state index in [1.807, 2.05) is 13.8 Å². The van der Waals surface area contributed by atoms with Crippen LogP contribution >= 0.6 is 0 Å². The third-order valence-electron chi connectivity index (χ3n) is 1.83. The van der Waals surface area contributed by atoms with Crippen molar-refractivity contribution >= 4 is 11.9 Å². The predicted molar refractivity (Wildman–Crippen MR) is 49.0 cm³/mol. The fourth-order valence-corrected chi connectivity index (χ4v) is 1.06. The molecule has 0 aliphatic rings. The summed E-state index contributed by atoms with van der Waals surface area (Å²) < 4.78 is 4.56. The fraction of sp³-hybridized carbons (Fsp3) is 0.778. The van der Waals surface area contributed by atoms with Crippen LogP contribution in [0.4, 0.5) is 0 Å². The number of nitrogens with zero attached hydrogens (tertiary/aromatic N) is 1. The smallest absolute Gasteiger partial charge is 0.318 e. The minimum Gasteiger partial charge on any atom is -0.468 e. The maximum atomic E-state index is 11.5. The van der Waals surface area contributed by atoms with Crippen LogP contribution in [-0.2, 0) is 14.3 Å². The van der Waals surface area contributed by atoms with Crippen molar-refractivity contribution < 1.29 is 14.3 Å². The van der Waals surface area contributed by atoms with Gasteiger partial charge < -0.3 is 9.64 Å². The second-order valence-corrected chi connectivity index (χ2v) is 3.48. The van der Waals surface area contributed by atoms with Gasteiger partial charge in [-0.3, -0.25) is 9.59 Å². The molecule has 0 aromatic rings. The summed E-state index contributed by atoms with van der Waals surface area (Å²) in [6, 6.07) is 0. The number of hydrogen-bond acceptors (Lipinski definition) is 3. The van der Waals surface area contributed by atoms with Gasteiger partial charge in [-0.2, -0.15) is 0 Å². The zero-order valence-electron chi connectivity index (χ0n) is 8.83. The van der Waals surface area contributed by atoms with Gasteiger partial charge in [0.25, 0.3) is 0 Å². The summed E-state index contributed by atoms with van der Waals surface area (Å²) in [5, 5.41) is 0. The van der Waals surface area contributed by atoms with E-state index in [0.29, 0.717) is 0 Å². The van der Waals surface area contributed by atoms with Gasteiger partial charge in [-0.1, -0.05) is 13.8 Å². The summed E-state index contributed by atoms with van der Waals surface area (Å²) in [6.07, 6.45) is 0. The van der Waals surface area contributed by atoms with E-state index in [1.54, 1.807) is 14.1 Å². The van der Waals surface area contributed by atoms with Crippen molar-refractivity contribution in [1.29, 1.82) is 0 Å². The van der Waals surface area contributed by atoms with Gasteiger partial charge in [-0.05, 0) is 5.92 Å². The van der Waals surface area contributed by atoms with Gasteiger partial charge >= 0.3 is 5.97 Å². The molecule has 0 radical (unpaired) electrons. The summed E-state index contributed by atoms with van der Waals surface area (Å²) in [5.74, 6) is -1.39. The molecule has 4 nitrogen and oxygen atoms in total. The number of carbonyl (C=O) groups is 2. The minimum absolute atomic E-state index is 0.0395.